The van der Waals surface area contributed by atoms with Crippen LogP contribution in [-0.4, -0.2) is 15.8 Å². The summed E-state index contributed by atoms with van der Waals surface area (Å²) in [6, 6.07) is 7.72. The Morgan fingerprint density at radius 1 is 1.25 bits per heavy atom. The summed E-state index contributed by atoms with van der Waals surface area (Å²) < 4.78 is 1.01. The fourth-order valence-corrected chi connectivity index (χ4v) is 3.55. The van der Waals surface area contributed by atoms with Crippen LogP contribution in [0, 0.1) is 24.0 Å². The van der Waals surface area contributed by atoms with E-state index < -0.39 is 10.8 Å². The molecule has 0 saturated heterocycles. The second-order valence-corrected chi connectivity index (χ2v) is 6.68. The number of non-ortho nitro benzene ring substituents is 1. The Morgan fingerprint density at radius 2 is 1.96 bits per heavy atom. The third-order valence-corrected chi connectivity index (χ3v) is 4.99. The Labute approximate surface area is 146 Å². The third kappa shape index (κ3) is 2.95. The number of halogens is 1. The number of rotatable bonds is 3. The molecule has 0 aliphatic heterocycles. The maximum absolute atomic E-state index is 12.4. The first kappa shape index (κ1) is 16.4. The SMILES string of the molecule is Cc1ccc(C)c2sc(NC(=O)c3ccc([N+](=O)[O-])cc3Cl)nc12. The smallest absolute Gasteiger partial charge is 0.270 e. The minimum Gasteiger partial charge on any atom is -0.298 e. The second kappa shape index (κ2) is 6.18. The molecular weight excluding hydrogens is 350 g/mol. The van der Waals surface area contributed by atoms with Gasteiger partial charge in [-0.2, -0.15) is 0 Å². The molecule has 0 aliphatic rings. The molecule has 0 bridgehead atoms. The van der Waals surface area contributed by atoms with Crippen molar-refractivity contribution in [3.05, 3.63) is 62.2 Å². The number of anilines is 1. The average molecular weight is 362 g/mol. The Kier molecular flexibility index (Phi) is 4.21. The molecule has 3 aromatic rings. The Hall–Kier alpha value is -2.51. The monoisotopic (exact) mass is 361 g/mol. The van der Waals surface area contributed by atoms with Crippen molar-refractivity contribution in [2.24, 2.45) is 0 Å². The first-order valence-electron chi connectivity index (χ1n) is 6.99. The Morgan fingerprint density at radius 3 is 2.58 bits per heavy atom. The highest BCUT2D eigenvalue weighted by atomic mass is 35.5. The topological polar surface area (TPSA) is 85.1 Å². The maximum Gasteiger partial charge on any atom is 0.270 e. The van der Waals surface area contributed by atoms with Crippen LogP contribution in [0.3, 0.4) is 0 Å². The summed E-state index contributed by atoms with van der Waals surface area (Å²) in [6.45, 7) is 3.94. The zero-order valence-corrected chi connectivity index (χ0v) is 14.4. The van der Waals surface area contributed by atoms with Gasteiger partial charge in [-0.15, -0.1) is 0 Å². The van der Waals surface area contributed by atoms with Crippen molar-refractivity contribution in [2.45, 2.75) is 13.8 Å². The van der Waals surface area contributed by atoms with E-state index in [9.17, 15) is 14.9 Å². The molecule has 6 nitrogen and oxygen atoms in total. The number of benzene rings is 2. The summed E-state index contributed by atoms with van der Waals surface area (Å²) in [7, 11) is 0. The lowest BCUT2D eigenvalue weighted by Crippen LogP contribution is -2.12. The first-order valence-corrected chi connectivity index (χ1v) is 8.18. The Balaban J connectivity index is 1.91. The summed E-state index contributed by atoms with van der Waals surface area (Å²) in [5, 5.41) is 13.9. The molecular formula is C16H12ClN3O3S. The number of carbonyl (C=O) groups is 1. The molecule has 0 saturated carbocycles. The largest absolute Gasteiger partial charge is 0.298 e. The number of thiazole rings is 1. The predicted octanol–water partition coefficient (Wildman–Crippen LogP) is 4.73. The highest BCUT2D eigenvalue weighted by Crippen LogP contribution is 2.31. The van der Waals surface area contributed by atoms with E-state index in [1.807, 2.05) is 26.0 Å². The van der Waals surface area contributed by atoms with Gasteiger partial charge in [0.05, 0.1) is 25.7 Å². The van der Waals surface area contributed by atoms with Crippen molar-refractivity contribution in [3.8, 4) is 0 Å². The molecule has 0 spiro atoms. The van der Waals surface area contributed by atoms with Gasteiger partial charge in [0.15, 0.2) is 5.13 Å². The number of nitro benzene ring substituents is 1. The summed E-state index contributed by atoms with van der Waals surface area (Å²) >= 11 is 7.36. The number of aromatic nitrogens is 1. The van der Waals surface area contributed by atoms with Crippen molar-refractivity contribution < 1.29 is 9.72 Å². The highest BCUT2D eigenvalue weighted by molar-refractivity contribution is 7.22. The fourth-order valence-electron chi connectivity index (χ4n) is 2.28. The van der Waals surface area contributed by atoms with Crippen LogP contribution in [0.25, 0.3) is 10.2 Å². The van der Waals surface area contributed by atoms with Gasteiger partial charge in [-0.3, -0.25) is 20.2 Å². The van der Waals surface area contributed by atoms with Crippen molar-refractivity contribution in [1.82, 2.24) is 4.98 Å². The molecule has 24 heavy (non-hydrogen) atoms. The van der Waals surface area contributed by atoms with E-state index in [1.54, 1.807) is 0 Å². The zero-order valence-electron chi connectivity index (χ0n) is 12.8. The van der Waals surface area contributed by atoms with Crippen molar-refractivity contribution in [3.63, 3.8) is 0 Å². The van der Waals surface area contributed by atoms with Gasteiger partial charge in [0.25, 0.3) is 11.6 Å². The van der Waals surface area contributed by atoms with E-state index in [1.165, 1.54) is 23.5 Å². The van der Waals surface area contributed by atoms with E-state index >= 15 is 0 Å². The quantitative estimate of drug-likeness (QED) is 0.540. The van der Waals surface area contributed by atoms with Gasteiger partial charge in [-0.1, -0.05) is 35.1 Å². The van der Waals surface area contributed by atoms with E-state index in [4.69, 9.17) is 11.6 Å². The van der Waals surface area contributed by atoms with Gasteiger partial charge in [0, 0.05) is 12.1 Å². The predicted molar refractivity (Wildman–Crippen MR) is 95.2 cm³/mol. The third-order valence-electron chi connectivity index (χ3n) is 3.57. The molecule has 2 aromatic carbocycles. The molecule has 0 unspecified atom stereocenters. The average Bonchev–Trinajstić information content (AvgIpc) is 2.95. The van der Waals surface area contributed by atoms with Gasteiger partial charge < -0.3 is 0 Å². The number of nitrogens with zero attached hydrogens (tertiary/aromatic N) is 2. The van der Waals surface area contributed by atoms with Crippen LogP contribution in [0.4, 0.5) is 10.8 Å². The molecule has 0 fully saturated rings. The number of amides is 1. The lowest BCUT2D eigenvalue weighted by atomic mass is 10.1. The van der Waals surface area contributed by atoms with Gasteiger partial charge >= 0.3 is 0 Å². The van der Waals surface area contributed by atoms with Crippen molar-refractivity contribution >= 4 is 49.9 Å². The summed E-state index contributed by atoms with van der Waals surface area (Å²) in [4.78, 5) is 27.0. The van der Waals surface area contributed by atoms with Crippen LogP contribution in [0.1, 0.15) is 21.5 Å². The summed E-state index contributed by atoms with van der Waals surface area (Å²) in [5.41, 5.74) is 2.96. The van der Waals surface area contributed by atoms with Gasteiger partial charge in [-0.25, -0.2) is 4.98 Å². The molecule has 1 amide bonds. The number of hydrogen-bond donors (Lipinski definition) is 1. The molecule has 0 radical (unpaired) electrons. The number of fused-ring (bicyclic) bond motifs is 1. The molecule has 8 heteroatoms. The Bertz CT molecular complexity index is 945. The fraction of sp³-hybridized carbons (Fsp3) is 0.125. The lowest BCUT2D eigenvalue weighted by Gasteiger charge is -2.03. The lowest BCUT2D eigenvalue weighted by molar-refractivity contribution is -0.384. The number of nitro groups is 1. The molecule has 0 aliphatic carbocycles. The molecule has 1 aromatic heterocycles. The second-order valence-electron chi connectivity index (χ2n) is 5.27. The van der Waals surface area contributed by atoms with Crippen LogP contribution < -0.4 is 5.32 Å². The number of carbonyl (C=O) groups excluding carboxylic acids is 1. The van der Waals surface area contributed by atoms with E-state index in [-0.39, 0.29) is 16.3 Å². The van der Waals surface area contributed by atoms with Gasteiger partial charge in [-0.05, 0) is 31.0 Å². The minimum absolute atomic E-state index is 0.0233. The van der Waals surface area contributed by atoms with E-state index in [2.05, 4.69) is 10.3 Å². The van der Waals surface area contributed by atoms with Gasteiger partial charge in [0.1, 0.15) is 0 Å². The normalized spacial score (nSPS) is 10.8. The highest BCUT2D eigenvalue weighted by Gasteiger charge is 2.17. The van der Waals surface area contributed by atoms with Crippen LogP contribution in [0.5, 0.6) is 0 Å². The van der Waals surface area contributed by atoms with Gasteiger partial charge in [0.2, 0.25) is 0 Å². The van der Waals surface area contributed by atoms with Crippen molar-refractivity contribution in [2.75, 3.05) is 5.32 Å². The number of nitrogens with one attached hydrogen (secondary N) is 1. The van der Waals surface area contributed by atoms with E-state index in [0.29, 0.717) is 5.13 Å². The van der Waals surface area contributed by atoms with Crippen LogP contribution in [0.2, 0.25) is 5.02 Å². The molecule has 3 rings (SSSR count). The zero-order chi connectivity index (χ0) is 17.4. The number of aryl methyl sites for hydroxylation is 2. The molecule has 1 heterocycles. The van der Waals surface area contributed by atoms with Crippen molar-refractivity contribution in [1.29, 1.82) is 0 Å². The maximum atomic E-state index is 12.4. The molecule has 122 valence electrons. The van der Waals surface area contributed by atoms with Crippen LogP contribution in [-0.2, 0) is 0 Å². The standard InChI is InChI=1S/C16H12ClN3O3S/c1-8-3-4-9(2)14-13(8)18-16(24-14)19-15(21)11-6-5-10(20(22)23)7-12(11)17/h3-7H,1-2H3,(H,18,19,21). The molecule has 0 atom stereocenters. The summed E-state index contributed by atoms with van der Waals surface area (Å²) in [5.74, 6) is -0.454. The van der Waals surface area contributed by atoms with Crippen LogP contribution >= 0.6 is 22.9 Å². The minimum atomic E-state index is -0.563. The first-order chi connectivity index (χ1) is 11.4. The van der Waals surface area contributed by atoms with Crippen LogP contribution in [0.15, 0.2) is 30.3 Å². The molecule has 1 N–H and O–H groups in total. The number of hydrogen-bond acceptors (Lipinski definition) is 5. The van der Waals surface area contributed by atoms with E-state index in [0.717, 1.165) is 27.4 Å². The summed E-state index contributed by atoms with van der Waals surface area (Å²) in [6.07, 6.45) is 0.